The third-order valence-corrected chi connectivity index (χ3v) is 2.23. The van der Waals surface area contributed by atoms with Crippen LogP contribution < -0.4 is 0 Å². The van der Waals surface area contributed by atoms with Gasteiger partial charge in [-0.05, 0) is 12.0 Å². The van der Waals surface area contributed by atoms with E-state index in [9.17, 15) is 0 Å². The SMILES string of the molecule is C=CC[C](c1ccccc1)C1CO1. The molecule has 1 atom stereocenters. The van der Waals surface area contributed by atoms with E-state index in [2.05, 4.69) is 30.8 Å². The molecular weight excluding hydrogens is 160 g/mol. The molecule has 1 aliphatic rings. The second kappa shape index (κ2) is 3.75. The molecule has 1 aromatic carbocycles. The largest absolute Gasteiger partial charge is 0.372 e. The summed E-state index contributed by atoms with van der Waals surface area (Å²) in [4.78, 5) is 0. The van der Waals surface area contributed by atoms with Gasteiger partial charge in [0.2, 0.25) is 0 Å². The normalized spacial score (nSPS) is 20.2. The molecule has 0 saturated carbocycles. The maximum Gasteiger partial charge on any atom is 0.0918 e. The Morgan fingerprint density at radius 1 is 1.46 bits per heavy atom. The Kier molecular flexibility index (Phi) is 2.46. The topological polar surface area (TPSA) is 12.5 Å². The molecule has 0 bridgehead atoms. The minimum Gasteiger partial charge on any atom is -0.372 e. The van der Waals surface area contributed by atoms with Crippen molar-refractivity contribution in [2.45, 2.75) is 12.5 Å². The average Bonchev–Trinajstić information content (AvgIpc) is 2.99. The summed E-state index contributed by atoms with van der Waals surface area (Å²) in [7, 11) is 0. The first-order valence-electron chi connectivity index (χ1n) is 4.55. The fourth-order valence-electron chi connectivity index (χ4n) is 1.49. The van der Waals surface area contributed by atoms with Crippen LogP contribution in [0.2, 0.25) is 0 Å². The molecule has 1 aliphatic heterocycles. The highest BCUT2D eigenvalue weighted by molar-refractivity contribution is 5.35. The maximum absolute atomic E-state index is 5.29. The Morgan fingerprint density at radius 3 is 2.69 bits per heavy atom. The van der Waals surface area contributed by atoms with E-state index in [1.165, 1.54) is 11.5 Å². The molecular formula is C12H13O. The van der Waals surface area contributed by atoms with E-state index in [0.717, 1.165) is 13.0 Å². The first-order valence-corrected chi connectivity index (χ1v) is 4.55. The minimum atomic E-state index is 0.348. The van der Waals surface area contributed by atoms with E-state index in [1.807, 2.05) is 12.1 Å². The Bertz CT molecular complexity index is 274. The van der Waals surface area contributed by atoms with Gasteiger partial charge in [-0.15, -0.1) is 6.58 Å². The molecule has 2 rings (SSSR count). The number of epoxide rings is 1. The molecule has 0 aliphatic carbocycles. The zero-order valence-corrected chi connectivity index (χ0v) is 7.57. The van der Waals surface area contributed by atoms with Crippen molar-refractivity contribution in [2.75, 3.05) is 6.61 Å². The highest BCUT2D eigenvalue weighted by atomic mass is 16.6. The lowest BCUT2D eigenvalue weighted by Gasteiger charge is -2.10. The van der Waals surface area contributed by atoms with Crippen LogP contribution in [0.15, 0.2) is 43.0 Å². The van der Waals surface area contributed by atoms with Crippen LogP contribution in [-0.2, 0) is 4.74 Å². The van der Waals surface area contributed by atoms with Gasteiger partial charge in [0, 0.05) is 5.92 Å². The number of rotatable bonds is 4. The maximum atomic E-state index is 5.29. The number of allylic oxidation sites excluding steroid dienone is 1. The molecule has 1 heteroatoms. The van der Waals surface area contributed by atoms with E-state index >= 15 is 0 Å². The van der Waals surface area contributed by atoms with Crippen LogP contribution in [0, 0.1) is 5.92 Å². The summed E-state index contributed by atoms with van der Waals surface area (Å²) in [6.45, 7) is 4.63. The molecule has 13 heavy (non-hydrogen) atoms. The van der Waals surface area contributed by atoms with Gasteiger partial charge in [-0.2, -0.15) is 0 Å². The minimum absolute atomic E-state index is 0.348. The van der Waals surface area contributed by atoms with Crippen molar-refractivity contribution in [3.8, 4) is 0 Å². The van der Waals surface area contributed by atoms with Crippen molar-refractivity contribution < 1.29 is 4.74 Å². The first kappa shape index (κ1) is 8.52. The molecule has 1 unspecified atom stereocenters. The second-order valence-electron chi connectivity index (χ2n) is 3.21. The van der Waals surface area contributed by atoms with Crippen LogP contribution in [0.1, 0.15) is 12.0 Å². The molecule has 0 spiro atoms. The van der Waals surface area contributed by atoms with Gasteiger partial charge < -0.3 is 4.74 Å². The van der Waals surface area contributed by atoms with E-state index in [4.69, 9.17) is 4.74 Å². The number of hydrogen-bond donors (Lipinski definition) is 0. The summed E-state index contributed by atoms with van der Waals surface area (Å²) >= 11 is 0. The smallest absolute Gasteiger partial charge is 0.0918 e. The van der Waals surface area contributed by atoms with Crippen molar-refractivity contribution in [1.82, 2.24) is 0 Å². The van der Waals surface area contributed by atoms with Gasteiger partial charge in [0.25, 0.3) is 0 Å². The Balaban J connectivity index is 2.14. The summed E-state index contributed by atoms with van der Waals surface area (Å²) < 4.78 is 5.29. The van der Waals surface area contributed by atoms with Crippen molar-refractivity contribution in [2.24, 2.45) is 0 Å². The van der Waals surface area contributed by atoms with Crippen molar-refractivity contribution in [1.29, 1.82) is 0 Å². The number of ether oxygens (including phenoxy) is 1. The second-order valence-corrected chi connectivity index (χ2v) is 3.21. The molecule has 0 aromatic heterocycles. The van der Waals surface area contributed by atoms with Gasteiger partial charge in [0.1, 0.15) is 0 Å². The van der Waals surface area contributed by atoms with Gasteiger partial charge in [0.15, 0.2) is 0 Å². The lowest BCUT2D eigenvalue weighted by molar-refractivity contribution is 0.415. The third kappa shape index (κ3) is 1.99. The van der Waals surface area contributed by atoms with Crippen LogP contribution in [0.25, 0.3) is 0 Å². The summed E-state index contributed by atoms with van der Waals surface area (Å²) in [5.41, 5.74) is 1.28. The van der Waals surface area contributed by atoms with Gasteiger partial charge in [-0.3, -0.25) is 0 Å². The molecule has 0 N–H and O–H groups in total. The van der Waals surface area contributed by atoms with Gasteiger partial charge in [-0.25, -0.2) is 0 Å². The summed E-state index contributed by atoms with van der Waals surface area (Å²) in [6.07, 6.45) is 3.21. The molecule has 0 amide bonds. The van der Waals surface area contributed by atoms with E-state index in [0.29, 0.717) is 6.10 Å². The Hall–Kier alpha value is -1.08. The van der Waals surface area contributed by atoms with Gasteiger partial charge in [0.05, 0.1) is 12.7 Å². The van der Waals surface area contributed by atoms with Gasteiger partial charge in [-0.1, -0.05) is 36.4 Å². The molecule has 1 heterocycles. The predicted molar refractivity (Wildman–Crippen MR) is 53.3 cm³/mol. The lowest BCUT2D eigenvalue weighted by atomic mass is 9.93. The summed E-state index contributed by atoms with van der Waals surface area (Å²) in [5, 5.41) is 0. The number of hydrogen-bond acceptors (Lipinski definition) is 1. The van der Waals surface area contributed by atoms with E-state index in [1.54, 1.807) is 0 Å². The standard InChI is InChI=1S/C12H13O/c1-2-6-11(12-9-13-12)10-7-4-3-5-8-10/h2-5,7-8,12H,1,6,9H2. The van der Waals surface area contributed by atoms with Gasteiger partial charge >= 0.3 is 0 Å². The molecule has 1 nitrogen and oxygen atoms in total. The Labute approximate surface area is 79.0 Å². The van der Waals surface area contributed by atoms with Crippen LogP contribution in [0.4, 0.5) is 0 Å². The van der Waals surface area contributed by atoms with Crippen LogP contribution in [-0.4, -0.2) is 12.7 Å². The van der Waals surface area contributed by atoms with E-state index in [-0.39, 0.29) is 0 Å². The van der Waals surface area contributed by atoms with Crippen LogP contribution in [0.5, 0.6) is 0 Å². The highest BCUT2D eigenvalue weighted by Gasteiger charge is 2.33. The first-order chi connectivity index (χ1) is 6.42. The molecule has 1 fully saturated rings. The fourth-order valence-corrected chi connectivity index (χ4v) is 1.49. The summed E-state index contributed by atoms with van der Waals surface area (Å²) in [6, 6.07) is 10.4. The predicted octanol–water partition coefficient (Wildman–Crippen LogP) is 2.58. The summed E-state index contributed by atoms with van der Waals surface area (Å²) in [5.74, 6) is 1.36. The number of benzene rings is 1. The highest BCUT2D eigenvalue weighted by Crippen LogP contribution is 2.31. The molecule has 1 saturated heterocycles. The third-order valence-electron chi connectivity index (χ3n) is 2.23. The zero-order chi connectivity index (χ0) is 9.10. The monoisotopic (exact) mass is 173 g/mol. The molecule has 1 radical (unpaired) electrons. The van der Waals surface area contributed by atoms with Crippen molar-refractivity contribution in [3.63, 3.8) is 0 Å². The molecule has 1 aromatic rings. The van der Waals surface area contributed by atoms with E-state index < -0.39 is 0 Å². The van der Waals surface area contributed by atoms with Crippen molar-refractivity contribution >= 4 is 0 Å². The molecule has 67 valence electrons. The fraction of sp³-hybridized carbons (Fsp3) is 0.250. The average molecular weight is 173 g/mol. The van der Waals surface area contributed by atoms with Crippen molar-refractivity contribution in [3.05, 3.63) is 54.5 Å². The quantitative estimate of drug-likeness (QED) is 0.503. The zero-order valence-electron chi connectivity index (χ0n) is 7.57. The Morgan fingerprint density at radius 2 is 2.15 bits per heavy atom. The lowest BCUT2D eigenvalue weighted by Crippen LogP contribution is -2.05. The van der Waals surface area contributed by atoms with Crippen LogP contribution in [0.3, 0.4) is 0 Å². The van der Waals surface area contributed by atoms with Crippen LogP contribution >= 0.6 is 0 Å².